The van der Waals surface area contributed by atoms with Crippen molar-refractivity contribution in [1.29, 1.82) is 0 Å². The first-order valence-electron chi connectivity index (χ1n) is 8.41. The van der Waals surface area contributed by atoms with Crippen molar-refractivity contribution >= 4 is 11.6 Å². The number of anilines is 1. The highest BCUT2D eigenvalue weighted by Gasteiger charge is 2.12. The fourth-order valence-electron chi connectivity index (χ4n) is 3.01. The third-order valence-corrected chi connectivity index (χ3v) is 4.27. The molecule has 0 aromatic heterocycles. The molecule has 2 rings (SSSR count). The fourth-order valence-corrected chi connectivity index (χ4v) is 3.01. The van der Waals surface area contributed by atoms with Crippen LogP contribution in [0.15, 0.2) is 24.3 Å². The van der Waals surface area contributed by atoms with Crippen LogP contribution in [0.3, 0.4) is 0 Å². The molecule has 0 saturated heterocycles. The van der Waals surface area contributed by atoms with Gasteiger partial charge in [-0.15, -0.1) is 0 Å². The van der Waals surface area contributed by atoms with Gasteiger partial charge in [-0.2, -0.15) is 0 Å². The van der Waals surface area contributed by atoms with Gasteiger partial charge in [0.1, 0.15) is 0 Å². The summed E-state index contributed by atoms with van der Waals surface area (Å²) in [4.78, 5) is 11.9. The zero-order chi connectivity index (χ0) is 14.9. The summed E-state index contributed by atoms with van der Waals surface area (Å²) in [5.41, 5.74) is 1.79. The van der Waals surface area contributed by atoms with Gasteiger partial charge in [0.2, 0.25) is 0 Å². The van der Waals surface area contributed by atoms with Crippen LogP contribution in [-0.4, -0.2) is 19.0 Å². The van der Waals surface area contributed by atoms with E-state index in [0.29, 0.717) is 0 Å². The number of benzene rings is 1. The first-order chi connectivity index (χ1) is 10.3. The van der Waals surface area contributed by atoms with Gasteiger partial charge in [-0.05, 0) is 37.0 Å². The topological polar surface area (TPSA) is 41.1 Å². The predicted octanol–water partition coefficient (Wildman–Crippen LogP) is 4.21. The second-order valence-corrected chi connectivity index (χ2v) is 6.06. The molecule has 0 spiro atoms. The average molecular weight is 288 g/mol. The number of carbonyl (C=O) groups is 1. The second-order valence-electron chi connectivity index (χ2n) is 6.06. The lowest BCUT2D eigenvalue weighted by atomic mass is 9.87. The van der Waals surface area contributed by atoms with E-state index in [9.17, 15) is 4.79 Å². The van der Waals surface area contributed by atoms with E-state index >= 15 is 0 Å². The molecule has 1 amide bonds. The van der Waals surface area contributed by atoms with Crippen LogP contribution in [0.1, 0.15) is 62.2 Å². The van der Waals surface area contributed by atoms with E-state index in [1.54, 1.807) is 0 Å². The zero-order valence-corrected chi connectivity index (χ0v) is 13.2. The molecular weight excluding hydrogens is 260 g/mol. The Labute approximate surface area is 128 Å². The van der Waals surface area contributed by atoms with Crippen molar-refractivity contribution in [3.63, 3.8) is 0 Å². The van der Waals surface area contributed by atoms with Crippen LogP contribution in [0.25, 0.3) is 0 Å². The maximum Gasteiger partial charge on any atom is 0.251 e. The molecule has 3 nitrogen and oxygen atoms in total. The highest BCUT2D eigenvalue weighted by atomic mass is 16.1. The van der Waals surface area contributed by atoms with E-state index < -0.39 is 0 Å². The van der Waals surface area contributed by atoms with Crippen LogP contribution in [-0.2, 0) is 0 Å². The van der Waals surface area contributed by atoms with E-state index in [1.807, 2.05) is 24.3 Å². The molecule has 1 aliphatic carbocycles. The summed E-state index contributed by atoms with van der Waals surface area (Å²) in [5, 5.41) is 6.38. The number of nitrogens with one attached hydrogen (secondary N) is 2. The Balaban J connectivity index is 1.78. The lowest BCUT2D eigenvalue weighted by molar-refractivity contribution is 0.0953. The summed E-state index contributed by atoms with van der Waals surface area (Å²) in [6.07, 6.45) is 9.20. The predicted molar refractivity (Wildman–Crippen MR) is 88.7 cm³/mol. The Morgan fingerprint density at radius 2 is 2.00 bits per heavy atom. The van der Waals surface area contributed by atoms with Crippen LogP contribution in [0, 0.1) is 5.92 Å². The molecule has 1 aliphatic rings. The third kappa shape index (κ3) is 5.41. The standard InChI is InChI=1S/C18H28N2O/c1-2-12-20-18(21)16-9-6-10-17(14-16)19-13-11-15-7-4-3-5-8-15/h6,9-10,14-15,19H,2-5,7-8,11-13H2,1H3,(H,20,21). The molecule has 0 aliphatic heterocycles. The van der Waals surface area contributed by atoms with Crippen LogP contribution in [0.5, 0.6) is 0 Å². The Kier molecular flexibility index (Phi) is 6.58. The van der Waals surface area contributed by atoms with Crippen LogP contribution < -0.4 is 10.6 Å². The molecular formula is C18H28N2O. The normalized spacial score (nSPS) is 15.7. The molecule has 0 heterocycles. The van der Waals surface area contributed by atoms with E-state index in [0.717, 1.165) is 36.7 Å². The molecule has 0 atom stereocenters. The van der Waals surface area contributed by atoms with Crippen LogP contribution >= 0.6 is 0 Å². The van der Waals surface area contributed by atoms with Crippen molar-refractivity contribution in [2.24, 2.45) is 5.92 Å². The molecule has 1 fully saturated rings. The summed E-state index contributed by atoms with van der Waals surface area (Å²) in [6, 6.07) is 7.81. The van der Waals surface area contributed by atoms with Gasteiger partial charge in [-0.3, -0.25) is 4.79 Å². The van der Waals surface area contributed by atoms with E-state index in [4.69, 9.17) is 0 Å². The zero-order valence-electron chi connectivity index (χ0n) is 13.2. The van der Waals surface area contributed by atoms with Gasteiger partial charge in [0.05, 0.1) is 0 Å². The molecule has 1 saturated carbocycles. The fraction of sp³-hybridized carbons (Fsp3) is 0.611. The first-order valence-corrected chi connectivity index (χ1v) is 8.41. The number of rotatable bonds is 7. The van der Waals surface area contributed by atoms with Crippen molar-refractivity contribution in [2.45, 2.75) is 51.9 Å². The number of hydrogen-bond donors (Lipinski definition) is 2. The maximum atomic E-state index is 11.9. The van der Waals surface area contributed by atoms with Gasteiger partial charge in [0.15, 0.2) is 0 Å². The highest BCUT2D eigenvalue weighted by molar-refractivity contribution is 5.95. The highest BCUT2D eigenvalue weighted by Crippen LogP contribution is 2.26. The van der Waals surface area contributed by atoms with E-state index in [1.165, 1.54) is 38.5 Å². The minimum absolute atomic E-state index is 0.0211. The third-order valence-electron chi connectivity index (χ3n) is 4.27. The van der Waals surface area contributed by atoms with Crippen molar-refractivity contribution in [2.75, 3.05) is 18.4 Å². The Morgan fingerprint density at radius 1 is 1.19 bits per heavy atom. The SMILES string of the molecule is CCCNC(=O)c1cccc(NCCC2CCCCC2)c1. The summed E-state index contributed by atoms with van der Waals surface area (Å²) in [7, 11) is 0. The monoisotopic (exact) mass is 288 g/mol. The Hall–Kier alpha value is -1.51. The minimum Gasteiger partial charge on any atom is -0.385 e. The molecule has 2 N–H and O–H groups in total. The smallest absolute Gasteiger partial charge is 0.251 e. The van der Waals surface area contributed by atoms with E-state index in [-0.39, 0.29) is 5.91 Å². The number of carbonyl (C=O) groups excluding carboxylic acids is 1. The molecule has 3 heteroatoms. The van der Waals surface area contributed by atoms with Gasteiger partial charge in [0, 0.05) is 24.3 Å². The number of amides is 1. The molecule has 0 unspecified atom stereocenters. The summed E-state index contributed by atoms with van der Waals surface area (Å²) in [5.74, 6) is 0.912. The van der Waals surface area contributed by atoms with Gasteiger partial charge in [0.25, 0.3) is 5.91 Å². The van der Waals surface area contributed by atoms with Gasteiger partial charge in [-0.1, -0.05) is 45.1 Å². The Morgan fingerprint density at radius 3 is 2.76 bits per heavy atom. The van der Waals surface area contributed by atoms with Gasteiger partial charge < -0.3 is 10.6 Å². The second kappa shape index (κ2) is 8.71. The van der Waals surface area contributed by atoms with Crippen molar-refractivity contribution < 1.29 is 4.79 Å². The van der Waals surface area contributed by atoms with Crippen molar-refractivity contribution in [3.8, 4) is 0 Å². The molecule has 0 radical (unpaired) electrons. The quantitative estimate of drug-likeness (QED) is 0.789. The lowest BCUT2D eigenvalue weighted by Crippen LogP contribution is -2.24. The first kappa shape index (κ1) is 15.9. The molecule has 116 valence electrons. The summed E-state index contributed by atoms with van der Waals surface area (Å²) in [6.45, 7) is 3.80. The van der Waals surface area contributed by atoms with Crippen LogP contribution in [0.4, 0.5) is 5.69 Å². The van der Waals surface area contributed by atoms with E-state index in [2.05, 4.69) is 17.6 Å². The summed E-state index contributed by atoms with van der Waals surface area (Å²) >= 11 is 0. The summed E-state index contributed by atoms with van der Waals surface area (Å²) < 4.78 is 0. The Bertz CT molecular complexity index is 439. The largest absolute Gasteiger partial charge is 0.385 e. The maximum absolute atomic E-state index is 11.9. The average Bonchev–Trinajstić information content (AvgIpc) is 2.54. The van der Waals surface area contributed by atoms with Gasteiger partial charge >= 0.3 is 0 Å². The molecule has 0 bridgehead atoms. The van der Waals surface area contributed by atoms with Crippen molar-refractivity contribution in [3.05, 3.63) is 29.8 Å². The van der Waals surface area contributed by atoms with Crippen LogP contribution in [0.2, 0.25) is 0 Å². The molecule has 1 aromatic rings. The molecule has 1 aromatic carbocycles. The lowest BCUT2D eigenvalue weighted by Gasteiger charge is -2.21. The van der Waals surface area contributed by atoms with Crippen molar-refractivity contribution in [1.82, 2.24) is 5.32 Å². The molecule has 21 heavy (non-hydrogen) atoms. The minimum atomic E-state index is 0.0211. The van der Waals surface area contributed by atoms with Gasteiger partial charge in [-0.25, -0.2) is 0 Å². The number of hydrogen-bond acceptors (Lipinski definition) is 2.